The zero-order valence-corrected chi connectivity index (χ0v) is 17.6. The van der Waals surface area contributed by atoms with Gasteiger partial charge in [0.2, 0.25) is 5.91 Å². The van der Waals surface area contributed by atoms with Crippen LogP contribution in [0, 0.1) is 6.92 Å². The number of carbonyl (C=O) groups is 1. The predicted molar refractivity (Wildman–Crippen MR) is 120 cm³/mol. The van der Waals surface area contributed by atoms with E-state index in [1.54, 1.807) is 6.07 Å². The van der Waals surface area contributed by atoms with Crippen molar-refractivity contribution in [3.05, 3.63) is 88.9 Å². The van der Waals surface area contributed by atoms with Crippen LogP contribution in [0.5, 0.6) is 0 Å². The van der Waals surface area contributed by atoms with Gasteiger partial charge in [-0.25, -0.2) is 9.55 Å². The number of H-pyrrole nitrogens is 1. The van der Waals surface area contributed by atoms with Crippen LogP contribution in [-0.2, 0) is 11.3 Å². The Labute approximate surface area is 178 Å². The fraction of sp³-hybridized carbons (Fsp3) is 0.130. The Balaban J connectivity index is 1.52. The molecule has 1 amide bonds. The SMILES string of the molecule is Cc1ccc(NC(=O)CSc2[nH]c3ccccc3[n+]2Cc2ccccc2)cc1Cl. The van der Waals surface area contributed by atoms with Crippen molar-refractivity contribution in [2.24, 2.45) is 0 Å². The number of para-hydroxylation sites is 2. The van der Waals surface area contributed by atoms with Crippen LogP contribution < -0.4 is 9.88 Å². The van der Waals surface area contributed by atoms with Crippen molar-refractivity contribution in [3.8, 4) is 0 Å². The number of hydrogen-bond donors (Lipinski definition) is 2. The zero-order chi connectivity index (χ0) is 20.2. The number of nitrogens with zero attached hydrogens (tertiary/aromatic N) is 1. The predicted octanol–water partition coefficient (Wildman–Crippen LogP) is 5.20. The summed E-state index contributed by atoms with van der Waals surface area (Å²) in [7, 11) is 0. The summed E-state index contributed by atoms with van der Waals surface area (Å²) in [6.07, 6.45) is 0. The van der Waals surface area contributed by atoms with E-state index in [-0.39, 0.29) is 5.91 Å². The van der Waals surface area contributed by atoms with E-state index < -0.39 is 0 Å². The molecule has 0 fully saturated rings. The molecule has 0 radical (unpaired) electrons. The molecule has 1 heterocycles. The molecule has 0 saturated carbocycles. The number of imidazole rings is 1. The molecule has 4 rings (SSSR count). The molecular formula is C23H21ClN3OS+. The van der Waals surface area contributed by atoms with Crippen LogP contribution in [0.1, 0.15) is 11.1 Å². The van der Waals surface area contributed by atoms with Crippen LogP contribution >= 0.6 is 23.4 Å². The maximum atomic E-state index is 12.5. The fourth-order valence-electron chi connectivity index (χ4n) is 3.15. The van der Waals surface area contributed by atoms with Crippen LogP contribution in [0.3, 0.4) is 0 Å². The monoisotopic (exact) mass is 422 g/mol. The molecule has 3 aromatic carbocycles. The largest absolute Gasteiger partial charge is 0.325 e. The van der Waals surface area contributed by atoms with E-state index in [2.05, 4.69) is 39.1 Å². The van der Waals surface area contributed by atoms with Gasteiger partial charge in [-0.2, -0.15) is 0 Å². The van der Waals surface area contributed by atoms with Crippen LogP contribution in [0.2, 0.25) is 5.02 Å². The van der Waals surface area contributed by atoms with Gasteiger partial charge in [0.15, 0.2) is 11.0 Å². The third kappa shape index (κ3) is 4.63. The maximum absolute atomic E-state index is 12.5. The maximum Gasteiger partial charge on any atom is 0.317 e. The number of aromatic amines is 1. The summed E-state index contributed by atoms with van der Waals surface area (Å²) >= 11 is 7.64. The Morgan fingerprint density at radius 3 is 2.62 bits per heavy atom. The van der Waals surface area contributed by atoms with E-state index in [0.29, 0.717) is 16.5 Å². The normalized spacial score (nSPS) is 11.0. The van der Waals surface area contributed by atoms with E-state index in [1.807, 2.05) is 49.4 Å². The van der Waals surface area contributed by atoms with Gasteiger partial charge in [-0.15, -0.1) is 0 Å². The number of thioether (sulfide) groups is 1. The number of fused-ring (bicyclic) bond motifs is 1. The van der Waals surface area contributed by atoms with E-state index >= 15 is 0 Å². The second-order valence-electron chi connectivity index (χ2n) is 6.82. The number of anilines is 1. The minimum atomic E-state index is -0.0696. The molecule has 0 atom stereocenters. The second-order valence-corrected chi connectivity index (χ2v) is 8.19. The van der Waals surface area contributed by atoms with Crippen LogP contribution in [0.25, 0.3) is 11.0 Å². The number of rotatable bonds is 6. The molecule has 0 bridgehead atoms. The highest BCUT2D eigenvalue weighted by atomic mass is 35.5. The van der Waals surface area contributed by atoms with Crippen LogP contribution in [0.4, 0.5) is 5.69 Å². The molecule has 0 spiro atoms. The summed E-state index contributed by atoms with van der Waals surface area (Å²) in [5.41, 5.74) is 5.07. The number of carbonyl (C=O) groups excluding carboxylic acids is 1. The van der Waals surface area contributed by atoms with Crippen LogP contribution in [0.15, 0.2) is 78.0 Å². The zero-order valence-electron chi connectivity index (χ0n) is 16.0. The molecule has 0 unspecified atom stereocenters. The molecule has 1 aromatic heterocycles. The Morgan fingerprint density at radius 2 is 1.83 bits per heavy atom. The van der Waals surface area contributed by atoms with Gasteiger partial charge >= 0.3 is 5.16 Å². The molecule has 6 heteroatoms. The van der Waals surface area contributed by atoms with Gasteiger partial charge in [-0.05, 0) is 54.1 Å². The van der Waals surface area contributed by atoms with Gasteiger partial charge in [0.05, 0.1) is 5.75 Å². The minimum absolute atomic E-state index is 0.0696. The molecule has 0 aliphatic heterocycles. The summed E-state index contributed by atoms with van der Waals surface area (Å²) in [4.78, 5) is 15.9. The van der Waals surface area contributed by atoms with Gasteiger partial charge < -0.3 is 5.32 Å². The molecular weight excluding hydrogens is 402 g/mol. The standard InChI is InChI=1S/C23H20ClN3OS/c1-16-11-12-18(13-19(16)24)25-22(28)15-29-23-26-20-9-5-6-10-21(20)27(23)14-17-7-3-2-4-8-17/h2-13H,14-15H2,1H3,(H,25,28)/p+1. The molecule has 146 valence electrons. The van der Waals surface area contributed by atoms with E-state index in [0.717, 1.165) is 28.3 Å². The van der Waals surface area contributed by atoms with Gasteiger partial charge in [0.25, 0.3) is 0 Å². The molecule has 4 nitrogen and oxygen atoms in total. The van der Waals surface area contributed by atoms with E-state index in [9.17, 15) is 4.79 Å². The highest BCUT2D eigenvalue weighted by Crippen LogP contribution is 2.22. The Bertz CT molecular complexity index is 1160. The minimum Gasteiger partial charge on any atom is -0.325 e. The van der Waals surface area contributed by atoms with Crippen molar-refractivity contribution < 1.29 is 9.36 Å². The Kier molecular flexibility index (Phi) is 5.88. The number of aromatic nitrogens is 2. The van der Waals surface area contributed by atoms with E-state index in [4.69, 9.17) is 11.6 Å². The number of nitrogens with one attached hydrogen (secondary N) is 2. The molecule has 0 aliphatic rings. The Hall–Kier alpha value is -2.76. The fourth-order valence-corrected chi connectivity index (χ4v) is 4.17. The number of hydrogen-bond acceptors (Lipinski definition) is 2. The lowest BCUT2D eigenvalue weighted by Gasteiger charge is -2.06. The van der Waals surface area contributed by atoms with Crippen LogP contribution in [-0.4, -0.2) is 16.6 Å². The van der Waals surface area contributed by atoms with Gasteiger partial charge in [-0.1, -0.05) is 60.1 Å². The molecule has 4 aromatic rings. The number of aryl methyl sites for hydroxylation is 1. The quantitative estimate of drug-likeness (QED) is 0.331. The average molecular weight is 423 g/mol. The lowest BCUT2D eigenvalue weighted by atomic mass is 10.2. The number of amides is 1. The molecule has 29 heavy (non-hydrogen) atoms. The number of benzene rings is 3. The van der Waals surface area contributed by atoms with Crippen molar-refractivity contribution in [1.29, 1.82) is 0 Å². The molecule has 0 aliphatic carbocycles. The first kappa shape index (κ1) is 19.6. The van der Waals surface area contributed by atoms with Crippen molar-refractivity contribution in [1.82, 2.24) is 4.98 Å². The highest BCUT2D eigenvalue weighted by Gasteiger charge is 2.20. The summed E-state index contributed by atoms with van der Waals surface area (Å²) in [5.74, 6) is 0.229. The topological polar surface area (TPSA) is 48.8 Å². The molecule has 0 saturated heterocycles. The van der Waals surface area contributed by atoms with Crippen molar-refractivity contribution in [2.45, 2.75) is 18.6 Å². The average Bonchev–Trinajstić information content (AvgIpc) is 3.07. The van der Waals surface area contributed by atoms with Gasteiger partial charge in [0, 0.05) is 10.7 Å². The first-order valence-electron chi connectivity index (χ1n) is 9.33. The second kappa shape index (κ2) is 8.72. The summed E-state index contributed by atoms with van der Waals surface area (Å²) < 4.78 is 2.21. The van der Waals surface area contributed by atoms with Crippen molar-refractivity contribution in [3.63, 3.8) is 0 Å². The lowest BCUT2D eigenvalue weighted by molar-refractivity contribution is -0.700. The first-order valence-corrected chi connectivity index (χ1v) is 10.7. The van der Waals surface area contributed by atoms with Gasteiger partial charge in [0.1, 0.15) is 6.54 Å². The molecule has 2 N–H and O–H groups in total. The summed E-state index contributed by atoms with van der Waals surface area (Å²) in [5, 5.41) is 4.51. The van der Waals surface area contributed by atoms with Crippen molar-refractivity contribution in [2.75, 3.05) is 11.1 Å². The van der Waals surface area contributed by atoms with Gasteiger partial charge in [-0.3, -0.25) is 4.79 Å². The Morgan fingerprint density at radius 1 is 1.07 bits per heavy atom. The first-order chi connectivity index (χ1) is 14.1. The summed E-state index contributed by atoms with van der Waals surface area (Å²) in [6, 6.07) is 24.0. The summed E-state index contributed by atoms with van der Waals surface area (Å²) in [6.45, 7) is 2.67. The number of halogens is 1. The third-order valence-corrected chi connectivity index (χ3v) is 6.07. The van der Waals surface area contributed by atoms with E-state index in [1.165, 1.54) is 17.3 Å². The van der Waals surface area contributed by atoms with Crippen molar-refractivity contribution >= 4 is 46.0 Å². The smallest absolute Gasteiger partial charge is 0.317 e. The highest BCUT2D eigenvalue weighted by molar-refractivity contribution is 7.99. The third-order valence-electron chi connectivity index (χ3n) is 4.66. The lowest BCUT2D eigenvalue weighted by Crippen LogP contribution is -2.35.